The van der Waals surface area contributed by atoms with E-state index in [2.05, 4.69) is 45.7 Å². The molecule has 0 aromatic rings. The van der Waals surface area contributed by atoms with Crippen molar-refractivity contribution in [1.82, 2.24) is 0 Å². The van der Waals surface area contributed by atoms with Gasteiger partial charge in [-0.1, -0.05) is 58.5 Å². The van der Waals surface area contributed by atoms with E-state index in [4.69, 9.17) is 9.47 Å². The summed E-state index contributed by atoms with van der Waals surface area (Å²) in [5, 5.41) is 0.322. The summed E-state index contributed by atoms with van der Waals surface area (Å²) in [5.74, 6) is 0. The van der Waals surface area contributed by atoms with E-state index in [0.29, 0.717) is 0 Å². The third-order valence-electron chi connectivity index (χ3n) is 2.21. The Bertz CT molecular complexity index is 129. The maximum Gasteiger partial charge on any atom is 0.112 e. The Morgan fingerprint density at radius 3 is 1.50 bits per heavy atom. The largest absolute Gasteiger partial charge is 0.367 e. The average Bonchev–Trinajstić information content (AvgIpc) is 2.27. The minimum Gasteiger partial charge on any atom is -0.367 e. The highest BCUT2D eigenvalue weighted by Gasteiger charge is 2.09. The Balaban J connectivity index is 3.32. The molecule has 0 spiro atoms. The summed E-state index contributed by atoms with van der Waals surface area (Å²) in [5.41, 5.74) is 0. The first kappa shape index (κ1) is 16.9. The number of unbranched alkanes of at least 4 members (excludes halogenated alkanes) is 2. The Morgan fingerprint density at radius 1 is 0.812 bits per heavy atom. The second-order valence-corrected chi connectivity index (χ2v) is 5.89. The Kier molecular flexibility index (Phi) is 13.0. The summed E-state index contributed by atoms with van der Waals surface area (Å²) in [7, 11) is 0. The minimum absolute atomic E-state index is 0.161. The highest BCUT2D eigenvalue weighted by atomic mass is 79.9. The van der Waals surface area contributed by atoms with Gasteiger partial charge in [0, 0.05) is 13.2 Å². The molecule has 2 atom stereocenters. The molecule has 0 amide bonds. The van der Waals surface area contributed by atoms with Gasteiger partial charge >= 0.3 is 0 Å². The topological polar surface area (TPSA) is 18.5 Å². The third kappa shape index (κ3) is 11.4. The van der Waals surface area contributed by atoms with Crippen LogP contribution in [0.5, 0.6) is 0 Å². The fraction of sp³-hybridized carbons (Fsp3) is 1.00. The van der Waals surface area contributed by atoms with E-state index in [9.17, 15) is 0 Å². The maximum absolute atomic E-state index is 5.60. The summed E-state index contributed by atoms with van der Waals surface area (Å²) in [6, 6.07) is 0. The normalized spacial score (nSPS) is 15.0. The number of rotatable bonds is 11. The van der Waals surface area contributed by atoms with Crippen LogP contribution in [0.1, 0.15) is 52.4 Å². The van der Waals surface area contributed by atoms with Crippen LogP contribution in [-0.4, -0.2) is 23.2 Å². The van der Waals surface area contributed by atoms with Crippen LogP contribution in [0.15, 0.2) is 0 Å². The molecule has 0 N–H and O–H groups in total. The van der Waals surface area contributed by atoms with E-state index in [0.717, 1.165) is 38.9 Å². The van der Waals surface area contributed by atoms with Gasteiger partial charge in [0.05, 0.1) is 0 Å². The van der Waals surface area contributed by atoms with Crippen LogP contribution < -0.4 is 0 Å². The lowest BCUT2D eigenvalue weighted by Crippen LogP contribution is -2.11. The molecule has 0 bridgehead atoms. The molecular formula is C12H24Br2O2. The maximum atomic E-state index is 5.60. The van der Waals surface area contributed by atoms with Gasteiger partial charge in [0.1, 0.15) is 10.0 Å². The van der Waals surface area contributed by atoms with Gasteiger partial charge in [-0.2, -0.15) is 0 Å². The zero-order valence-electron chi connectivity index (χ0n) is 10.4. The Hall–Kier alpha value is 0.880. The molecule has 0 saturated heterocycles. The average molecular weight is 360 g/mol. The number of alkyl halides is 2. The van der Waals surface area contributed by atoms with Crippen LogP contribution in [0.2, 0.25) is 0 Å². The van der Waals surface area contributed by atoms with Gasteiger partial charge in [-0.3, -0.25) is 0 Å². The lowest BCUT2D eigenvalue weighted by molar-refractivity contribution is 0.0783. The number of hydrogen-bond acceptors (Lipinski definition) is 2. The summed E-state index contributed by atoms with van der Waals surface area (Å²) < 4.78 is 11.2. The standard InChI is InChI=1S/C12H24Br2O2/c1-3-5-9-15-11(13)7-8-12(14)16-10-6-4-2/h11-12H,3-10H2,1-2H3. The molecule has 0 aliphatic rings. The molecule has 0 aromatic heterocycles. The van der Waals surface area contributed by atoms with Gasteiger partial charge < -0.3 is 9.47 Å². The lowest BCUT2D eigenvalue weighted by atomic mass is 10.3. The van der Waals surface area contributed by atoms with Gasteiger partial charge in [-0.25, -0.2) is 0 Å². The molecular weight excluding hydrogens is 336 g/mol. The van der Waals surface area contributed by atoms with E-state index >= 15 is 0 Å². The van der Waals surface area contributed by atoms with Crippen LogP contribution in [-0.2, 0) is 9.47 Å². The fourth-order valence-electron chi connectivity index (χ4n) is 1.14. The molecule has 98 valence electrons. The summed E-state index contributed by atoms with van der Waals surface area (Å²) in [6.45, 7) is 6.03. The van der Waals surface area contributed by atoms with Crippen molar-refractivity contribution in [1.29, 1.82) is 0 Å². The van der Waals surface area contributed by atoms with E-state index in [1.165, 1.54) is 12.8 Å². The molecule has 0 saturated carbocycles. The molecule has 0 rings (SSSR count). The second kappa shape index (κ2) is 12.3. The first-order valence-electron chi connectivity index (χ1n) is 6.22. The Labute approximate surface area is 117 Å². The van der Waals surface area contributed by atoms with Gasteiger partial charge in [0.25, 0.3) is 0 Å². The smallest absolute Gasteiger partial charge is 0.112 e. The first-order chi connectivity index (χ1) is 7.70. The quantitative estimate of drug-likeness (QED) is 0.388. The van der Waals surface area contributed by atoms with Crippen molar-refractivity contribution in [3.63, 3.8) is 0 Å². The van der Waals surface area contributed by atoms with Crippen molar-refractivity contribution in [2.45, 2.75) is 62.4 Å². The van der Waals surface area contributed by atoms with E-state index in [-0.39, 0.29) is 10.0 Å². The summed E-state index contributed by atoms with van der Waals surface area (Å²) in [6.07, 6.45) is 6.58. The highest BCUT2D eigenvalue weighted by molar-refractivity contribution is 9.09. The van der Waals surface area contributed by atoms with E-state index in [1.807, 2.05) is 0 Å². The predicted octanol–water partition coefficient (Wildman–Crippen LogP) is 4.84. The summed E-state index contributed by atoms with van der Waals surface area (Å²) >= 11 is 7.04. The molecule has 2 nitrogen and oxygen atoms in total. The molecule has 4 heteroatoms. The van der Waals surface area contributed by atoms with E-state index in [1.54, 1.807) is 0 Å². The van der Waals surface area contributed by atoms with Crippen LogP contribution in [0.3, 0.4) is 0 Å². The minimum atomic E-state index is 0.161. The second-order valence-electron chi connectivity index (χ2n) is 3.85. The van der Waals surface area contributed by atoms with Crippen LogP contribution in [0.4, 0.5) is 0 Å². The van der Waals surface area contributed by atoms with Crippen molar-refractivity contribution in [2.24, 2.45) is 0 Å². The molecule has 2 unspecified atom stereocenters. The van der Waals surface area contributed by atoms with E-state index < -0.39 is 0 Å². The monoisotopic (exact) mass is 358 g/mol. The van der Waals surface area contributed by atoms with Crippen LogP contribution in [0.25, 0.3) is 0 Å². The van der Waals surface area contributed by atoms with Crippen molar-refractivity contribution in [2.75, 3.05) is 13.2 Å². The lowest BCUT2D eigenvalue weighted by Gasteiger charge is -2.14. The van der Waals surface area contributed by atoms with Gasteiger partial charge in [0.2, 0.25) is 0 Å². The van der Waals surface area contributed by atoms with Crippen molar-refractivity contribution >= 4 is 31.9 Å². The Morgan fingerprint density at radius 2 is 1.19 bits per heavy atom. The molecule has 0 fully saturated rings. The molecule has 0 aliphatic heterocycles. The number of halogens is 2. The van der Waals surface area contributed by atoms with Gasteiger partial charge in [0.15, 0.2) is 0 Å². The number of ether oxygens (including phenoxy) is 2. The van der Waals surface area contributed by atoms with Crippen LogP contribution >= 0.6 is 31.9 Å². The van der Waals surface area contributed by atoms with Crippen molar-refractivity contribution < 1.29 is 9.47 Å². The highest BCUT2D eigenvalue weighted by Crippen LogP contribution is 2.17. The molecule has 16 heavy (non-hydrogen) atoms. The molecule has 0 radical (unpaired) electrons. The first-order valence-corrected chi connectivity index (χ1v) is 8.05. The zero-order chi connectivity index (χ0) is 12.2. The number of hydrogen-bond donors (Lipinski definition) is 0. The van der Waals surface area contributed by atoms with Crippen molar-refractivity contribution in [3.8, 4) is 0 Å². The predicted molar refractivity (Wildman–Crippen MR) is 76.4 cm³/mol. The van der Waals surface area contributed by atoms with Gasteiger partial charge in [-0.15, -0.1) is 0 Å². The fourth-order valence-corrected chi connectivity index (χ4v) is 2.04. The third-order valence-corrected chi connectivity index (χ3v) is 3.66. The van der Waals surface area contributed by atoms with Crippen LogP contribution in [0, 0.1) is 0 Å². The zero-order valence-corrected chi connectivity index (χ0v) is 13.6. The molecule has 0 aliphatic carbocycles. The molecule has 0 heterocycles. The summed E-state index contributed by atoms with van der Waals surface area (Å²) in [4.78, 5) is 0. The SMILES string of the molecule is CCCCOC(Br)CCC(Br)OCCCC. The molecule has 0 aromatic carbocycles. The van der Waals surface area contributed by atoms with Gasteiger partial charge in [-0.05, 0) is 25.7 Å². The van der Waals surface area contributed by atoms with Crippen molar-refractivity contribution in [3.05, 3.63) is 0 Å².